The van der Waals surface area contributed by atoms with Gasteiger partial charge in [0.05, 0.1) is 15.5 Å². The average molecular weight is 438 g/mol. The van der Waals surface area contributed by atoms with Gasteiger partial charge in [0.1, 0.15) is 5.82 Å². The van der Waals surface area contributed by atoms with Crippen molar-refractivity contribution in [1.82, 2.24) is 4.98 Å². The Morgan fingerprint density at radius 1 is 0.867 bits per heavy atom. The van der Waals surface area contributed by atoms with E-state index in [4.69, 9.17) is 0 Å². The summed E-state index contributed by atoms with van der Waals surface area (Å²) in [7, 11) is -3.32. The number of ketones is 1. The number of hydrogen-bond donors (Lipinski definition) is 0. The van der Waals surface area contributed by atoms with Gasteiger partial charge in [0.25, 0.3) is 0 Å². The zero-order valence-corrected chi connectivity index (χ0v) is 17.5. The van der Waals surface area contributed by atoms with Gasteiger partial charge in [0, 0.05) is 17.4 Å². The van der Waals surface area contributed by atoms with Crippen molar-refractivity contribution in [2.24, 2.45) is 0 Å². The number of nitrogens with zero attached hydrogens (tertiary/aromatic N) is 1. The molecular weight excluding hydrogens is 421 g/mol. The minimum atomic E-state index is -3.32. The van der Waals surface area contributed by atoms with Crippen LogP contribution in [0.1, 0.15) is 15.4 Å². The summed E-state index contributed by atoms with van der Waals surface area (Å²) in [4.78, 5) is 18.4. The van der Waals surface area contributed by atoms with E-state index in [1.165, 1.54) is 35.6 Å². The first kappa shape index (κ1) is 20.1. The van der Waals surface area contributed by atoms with Crippen molar-refractivity contribution in [2.75, 3.05) is 6.26 Å². The molecule has 0 unspecified atom stereocenters. The zero-order chi connectivity index (χ0) is 21.3. The maximum Gasteiger partial charge on any atom is 0.221 e. The number of rotatable bonds is 5. The third-order valence-corrected chi connectivity index (χ3v) is 6.75. The summed E-state index contributed by atoms with van der Waals surface area (Å²) in [6.45, 7) is 0. The lowest BCUT2D eigenvalue weighted by Gasteiger charge is -2.04. The summed E-state index contributed by atoms with van der Waals surface area (Å²) in [5.41, 5.74) is 2.47. The fourth-order valence-electron chi connectivity index (χ4n) is 2.98. The number of sulfone groups is 1. The number of benzene rings is 3. The number of thiazole rings is 1. The first-order valence-corrected chi connectivity index (χ1v) is 11.7. The van der Waals surface area contributed by atoms with Gasteiger partial charge in [0.2, 0.25) is 5.78 Å². The van der Waals surface area contributed by atoms with E-state index in [0.717, 1.165) is 11.8 Å². The summed E-state index contributed by atoms with van der Waals surface area (Å²) >= 11 is 1.22. The standard InChI is InChI=1S/C23H16FNO3S2/c1-30(27,28)19-13-9-17(10-14-19)22-20(15-7-11-18(24)12-8-15)25-23(29-22)21(26)16-5-3-2-4-6-16/h2-14H,1H3. The molecule has 0 aliphatic rings. The van der Waals surface area contributed by atoms with Gasteiger partial charge in [0.15, 0.2) is 14.8 Å². The van der Waals surface area contributed by atoms with Crippen LogP contribution in [0, 0.1) is 5.82 Å². The van der Waals surface area contributed by atoms with Gasteiger partial charge in [-0.15, -0.1) is 11.3 Å². The average Bonchev–Trinajstić information content (AvgIpc) is 3.19. The van der Waals surface area contributed by atoms with E-state index in [0.29, 0.717) is 26.7 Å². The Morgan fingerprint density at radius 2 is 1.47 bits per heavy atom. The molecule has 0 N–H and O–H groups in total. The van der Waals surface area contributed by atoms with E-state index in [1.54, 1.807) is 48.5 Å². The highest BCUT2D eigenvalue weighted by Gasteiger charge is 2.21. The minimum absolute atomic E-state index is 0.206. The quantitative estimate of drug-likeness (QED) is 0.400. The molecule has 1 heterocycles. The number of carbonyl (C=O) groups excluding carboxylic acids is 1. The lowest BCUT2D eigenvalue weighted by Crippen LogP contribution is -1.99. The SMILES string of the molecule is CS(=O)(=O)c1ccc(-c2sc(C(=O)c3ccccc3)nc2-c2ccc(F)cc2)cc1. The fourth-order valence-corrected chi connectivity index (χ4v) is 4.67. The Bertz CT molecular complexity index is 1310. The van der Waals surface area contributed by atoms with Crippen LogP contribution in [0.15, 0.2) is 83.8 Å². The van der Waals surface area contributed by atoms with Gasteiger partial charge in [-0.25, -0.2) is 17.8 Å². The van der Waals surface area contributed by atoms with E-state index < -0.39 is 9.84 Å². The minimum Gasteiger partial charge on any atom is -0.286 e. The van der Waals surface area contributed by atoms with Crippen LogP contribution in [-0.4, -0.2) is 25.4 Å². The van der Waals surface area contributed by atoms with Crippen LogP contribution in [0.25, 0.3) is 21.7 Å². The highest BCUT2D eigenvalue weighted by molar-refractivity contribution is 7.90. The second-order valence-corrected chi connectivity index (χ2v) is 9.71. The van der Waals surface area contributed by atoms with Gasteiger partial charge in [-0.3, -0.25) is 4.79 Å². The van der Waals surface area contributed by atoms with Crippen LogP contribution in [0.5, 0.6) is 0 Å². The van der Waals surface area contributed by atoms with E-state index >= 15 is 0 Å². The summed E-state index contributed by atoms with van der Waals surface area (Å²) in [5, 5.41) is 0.308. The molecule has 3 aromatic carbocycles. The molecule has 0 radical (unpaired) electrons. The molecule has 0 spiro atoms. The maximum absolute atomic E-state index is 13.4. The largest absolute Gasteiger partial charge is 0.286 e. The van der Waals surface area contributed by atoms with Crippen LogP contribution in [0.3, 0.4) is 0 Å². The number of aromatic nitrogens is 1. The van der Waals surface area contributed by atoms with Gasteiger partial charge < -0.3 is 0 Å². The third-order valence-electron chi connectivity index (χ3n) is 4.52. The molecule has 30 heavy (non-hydrogen) atoms. The summed E-state index contributed by atoms with van der Waals surface area (Å²) in [5.74, 6) is -0.573. The molecule has 0 fully saturated rings. The van der Waals surface area contributed by atoms with Crippen molar-refractivity contribution in [2.45, 2.75) is 4.90 Å². The predicted octanol–water partition coefficient (Wildman–Crippen LogP) is 5.25. The molecule has 4 aromatic rings. The van der Waals surface area contributed by atoms with E-state index in [9.17, 15) is 17.6 Å². The zero-order valence-electron chi connectivity index (χ0n) is 15.9. The Balaban J connectivity index is 1.84. The molecule has 4 nitrogen and oxygen atoms in total. The van der Waals surface area contributed by atoms with Crippen molar-refractivity contribution in [3.63, 3.8) is 0 Å². The number of carbonyl (C=O) groups is 1. The normalized spacial score (nSPS) is 11.4. The molecule has 1 aromatic heterocycles. The first-order chi connectivity index (χ1) is 14.3. The van der Waals surface area contributed by atoms with Gasteiger partial charge in [-0.2, -0.15) is 0 Å². The second-order valence-electron chi connectivity index (χ2n) is 6.70. The number of halogens is 1. The maximum atomic E-state index is 13.4. The molecule has 0 aliphatic carbocycles. The van der Waals surface area contributed by atoms with Crippen molar-refractivity contribution in [3.05, 3.63) is 95.3 Å². The Kier molecular flexibility index (Phi) is 5.32. The van der Waals surface area contributed by atoms with Crippen LogP contribution in [0.2, 0.25) is 0 Å². The highest BCUT2D eigenvalue weighted by Crippen LogP contribution is 2.38. The smallest absolute Gasteiger partial charge is 0.221 e. The monoisotopic (exact) mass is 437 g/mol. The Labute approximate surface area is 177 Å². The van der Waals surface area contributed by atoms with Crippen molar-refractivity contribution in [3.8, 4) is 21.7 Å². The van der Waals surface area contributed by atoms with Gasteiger partial charge in [-0.1, -0.05) is 42.5 Å². The van der Waals surface area contributed by atoms with Crippen LogP contribution in [0.4, 0.5) is 4.39 Å². The summed E-state index contributed by atoms with van der Waals surface area (Å²) in [6, 6.07) is 21.2. The molecule has 0 aliphatic heterocycles. The van der Waals surface area contributed by atoms with Crippen molar-refractivity contribution in [1.29, 1.82) is 0 Å². The Morgan fingerprint density at radius 3 is 2.07 bits per heavy atom. The van der Waals surface area contributed by atoms with Crippen molar-refractivity contribution >= 4 is 27.0 Å². The summed E-state index contributed by atoms with van der Waals surface area (Å²) < 4.78 is 36.9. The molecule has 0 amide bonds. The molecule has 150 valence electrons. The van der Waals surface area contributed by atoms with Crippen LogP contribution in [-0.2, 0) is 9.84 Å². The van der Waals surface area contributed by atoms with Crippen LogP contribution >= 0.6 is 11.3 Å². The lowest BCUT2D eigenvalue weighted by molar-refractivity contribution is 0.103. The molecule has 0 bridgehead atoms. The lowest BCUT2D eigenvalue weighted by atomic mass is 10.1. The number of hydrogen-bond acceptors (Lipinski definition) is 5. The molecule has 7 heteroatoms. The second kappa shape index (κ2) is 7.93. The Hall–Kier alpha value is -3.16. The van der Waals surface area contributed by atoms with Gasteiger partial charge >= 0.3 is 0 Å². The molecule has 0 saturated carbocycles. The molecule has 0 atom stereocenters. The van der Waals surface area contributed by atoms with E-state index in [-0.39, 0.29) is 16.5 Å². The summed E-state index contributed by atoms with van der Waals surface area (Å²) in [6.07, 6.45) is 1.15. The predicted molar refractivity (Wildman–Crippen MR) is 116 cm³/mol. The van der Waals surface area contributed by atoms with E-state index in [2.05, 4.69) is 4.98 Å². The first-order valence-electron chi connectivity index (χ1n) is 9.00. The van der Waals surface area contributed by atoms with E-state index in [1.807, 2.05) is 6.07 Å². The van der Waals surface area contributed by atoms with Crippen LogP contribution < -0.4 is 0 Å². The molecular formula is C23H16FNO3S2. The highest BCUT2D eigenvalue weighted by atomic mass is 32.2. The molecule has 0 saturated heterocycles. The van der Waals surface area contributed by atoms with Crippen molar-refractivity contribution < 1.29 is 17.6 Å². The fraction of sp³-hybridized carbons (Fsp3) is 0.0435. The topological polar surface area (TPSA) is 64.1 Å². The third kappa shape index (κ3) is 4.08. The molecule has 4 rings (SSSR count). The van der Waals surface area contributed by atoms with Gasteiger partial charge in [-0.05, 0) is 42.0 Å².